The van der Waals surface area contributed by atoms with E-state index in [1.165, 1.54) is 10.5 Å². The van der Waals surface area contributed by atoms with Crippen molar-refractivity contribution < 1.29 is 9.47 Å². The van der Waals surface area contributed by atoms with E-state index in [9.17, 15) is 0 Å². The molecule has 0 saturated carbocycles. The molecule has 0 fully saturated rings. The van der Waals surface area contributed by atoms with Crippen LogP contribution < -0.4 is 9.47 Å². The number of hydrazone groups is 1. The van der Waals surface area contributed by atoms with E-state index in [1.54, 1.807) is 18.9 Å². The van der Waals surface area contributed by atoms with Crippen LogP contribution in [0.4, 0.5) is 0 Å². The van der Waals surface area contributed by atoms with Crippen LogP contribution in [0.25, 0.3) is 0 Å². The molecule has 4 nitrogen and oxygen atoms in total. The molecule has 0 saturated heterocycles. The predicted octanol–water partition coefficient (Wildman–Crippen LogP) is 5.66. The lowest BCUT2D eigenvalue weighted by atomic mass is 9.96. The van der Waals surface area contributed by atoms with Gasteiger partial charge >= 0.3 is 0 Å². The van der Waals surface area contributed by atoms with Crippen LogP contribution in [-0.4, -0.2) is 24.1 Å². The fourth-order valence-corrected chi connectivity index (χ4v) is 4.39. The Labute approximate surface area is 175 Å². The highest BCUT2D eigenvalue weighted by Crippen LogP contribution is 2.47. The number of methoxy groups -OCH3 is 1. The third kappa shape index (κ3) is 3.25. The van der Waals surface area contributed by atoms with Gasteiger partial charge in [-0.25, -0.2) is 5.01 Å². The second-order valence-corrected chi connectivity index (χ2v) is 8.04. The SMILES string of the molecule is COc1ccc(C2=NN3[C@@H](c4ccc(SC)cc4)Oc4ccccc4[C@@H]3C2)cc1. The van der Waals surface area contributed by atoms with Crippen molar-refractivity contribution in [2.45, 2.75) is 23.6 Å². The summed E-state index contributed by atoms with van der Waals surface area (Å²) in [6.07, 6.45) is 2.71. The molecule has 0 radical (unpaired) electrons. The summed E-state index contributed by atoms with van der Waals surface area (Å²) >= 11 is 1.74. The molecule has 2 atom stereocenters. The Bertz CT molecular complexity index is 1050. The van der Waals surface area contributed by atoms with Crippen molar-refractivity contribution in [2.75, 3.05) is 13.4 Å². The van der Waals surface area contributed by atoms with Crippen LogP contribution in [0.15, 0.2) is 82.8 Å². The molecule has 29 heavy (non-hydrogen) atoms. The molecule has 146 valence electrons. The monoisotopic (exact) mass is 402 g/mol. The van der Waals surface area contributed by atoms with Crippen molar-refractivity contribution in [2.24, 2.45) is 5.10 Å². The van der Waals surface area contributed by atoms with Crippen LogP contribution in [-0.2, 0) is 0 Å². The topological polar surface area (TPSA) is 34.1 Å². The first-order valence-electron chi connectivity index (χ1n) is 9.66. The Balaban J connectivity index is 1.54. The first-order valence-corrected chi connectivity index (χ1v) is 10.9. The average Bonchev–Trinajstić information content (AvgIpc) is 3.24. The molecule has 2 aliphatic heterocycles. The van der Waals surface area contributed by atoms with Gasteiger partial charge in [-0.05, 0) is 54.3 Å². The molecule has 2 heterocycles. The van der Waals surface area contributed by atoms with E-state index in [1.807, 2.05) is 18.2 Å². The summed E-state index contributed by atoms with van der Waals surface area (Å²) < 4.78 is 11.7. The Hall–Kier alpha value is -2.92. The van der Waals surface area contributed by atoms with E-state index in [4.69, 9.17) is 14.6 Å². The molecule has 2 aliphatic rings. The maximum Gasteiger partial charge on any atom is 0.213 e. The summed E-state index contributed by atoms with van der Waals surface area (Å²) in [5, 5.41) is 7.14. The number of nitrogens with zero attached hydrogens (tertiary/aromatic N) is 2. The van der Waals surface area contributed by atoms with Gasteiger partial charge in [0, 0.05) is 22.4 Å². The minimum absolute atomic E-state index is 0.169. The number of fused-ring (bicyclic) bond motifs is 3. The Morgan fingerprint density at radius 3 is 2.48 bits per heavy atom. The molecule has 3 aromatic carbocycles. The quantitative estimate of drug-likeness (QED) is 0.528. The second-order valence-electron chi connectivity index (χ2n) is 7.16. The Kier molecular flexibility index (Phi) is 4.68. The van der Waals surface area contributed by atoms with Crippen molar-refractivity contribution in [3.63, 3.8) is 0 Å². The lowest BCUT2D eigenvalue weighted by Crippen LogP contribution is -2.33. The van der Waals surface area contributed by atoms with E-state index in [0.717, 1.165) is 34.8 Å². The van der Waals surface area contributed by atoms with Crippen LogP contribution in [0, 0.1) is 0 Å². The van der Waals surface area contributed by atoms with Gasteiger partial charge in [-0.1, -0.05) is 30.3 Å². The minimum atomic E-state index is -0.235. The summed E-state index contributed by atoms with van der Waals surface area (Å²) in [4.78, 5) is 1.24. The van der Waals surface area contributed by atoms with Crippen molar-refractivity contribution >= 4 is 17.5 Å². The molecule has 3 aromatic rings. The molecule has 0 N–H and O–H groups in total. The Morgan fingerprint density at radius 2 is 1.76 bits per heavy atom. The largest absolute Gasteiger partial charge is 0.497 e. The molecule has 5 rings (SSSR count). The van der Waals surface area contributed by atoms with Gasteiger partial charge in [0.2, 0.25) is 6.23 Å². The molecule has 0 amide bonds. The highest BCUT2D eigenvalue weighted by molar-refractivity contribution is 7.98. The van der Waals surface area contributed by atoms with Crippen LogP contribution in [0.1, 0.15) is 35.4 Å². The smallest absolute Gasteiger partial charge is 0.213 e. The molecule has 0 bridgehead atoms. The molecular formula is C24H22N2O2S. The normalized spacial score (nSPS) is 19.8. The lowest BCUT2D eigenvalue weighted by molar-refractivity contribution is -0.0190. The summed E-state index contributed by atoms with van der Waals surface area (Å²) in [5.41, 5.74) is 4.50. The molecule has 0 aliphatic carbocycles. The molecular weight excluding hydrogens is 380 g/mol. The van der Waals surface area contributed by atoms with E-state index >= 15 is 0 Å². The maximum atomic E-state index is 6.42. The zero-order valence-electron chi connectivity index (χ0n) is 16.4. The van der Waals surface area contributed by atoms with Crippen molar-refractivity contribution in [1.29, 1.82) is 0 Å². The first-order chi connectivity index (χ1) is 14.3. The van der Waals surface area contributed by atoms with Gasteiger partial charge in [0.15, 0.2) is 0 Å². The van der Waals surface area contributed by atoms with Crippen molar-refractivity contribution in [1.82, 2.24) is 5.01 Å². The third-order valence-electron chi connectivity index (χ3n) is 5.52. The standard InChI is InChI=1S/C24H22N2O2S/c1-27-18-11-7-16(8-12-18)21-15-22-20-5-3-4-6-23(20)28-24(26(22)25-21)17-9-13-19(29-2)14-10-17/h3-14,22,24H,15H2,1-2H3/t22-,24+/m0/s1. The predicted molar refractivity (Wildman–Crippen MR) is 117 cm³/mol. The van der Waals surface area contributed by atoms with Gasteiger partial charge in [0.25, 0.3) is 0 Å². The van der Waals surface area contributed by atoms with Crippen LogP contribution >= 0.6 is 11.8 Å². The number of rotatable bonds is 4. The Morgan fingerprint density at radius 1 is 1.00 bits per heavy atom. The van der Waals surface area contributed by atoms with Gasteiger partial charge in [-0.2, -0.15) is 5.10 Å². The van der Waals surface area contributed by atoms with E-state index in [-0.39, 0.29) is 12.3 Å². The van der Waals surface area contributed by atoms with Gasteiger partial charge < -0.3 is 9.47 Å². The van der Waals surface area contributed by atoms with Gasteiger partial charge in [0.05, 0.1) is 18.9 Å². The highest BCUT2D eigenvalue weighted by atomic mass is 32.2. The van der Waals surface area contributed by atoms with Crippen molar-refractivity contribution in [3.8, 4) is 11.5 Å². The second kappa shape index (κ2) is 7.48. The number of para-hydroxylation sites is 1. The number of hydrogen-bond donors (Lipinski definition) is 0. The van der Waals surface area contributed by atoms with Crippen LogP contribution in [0.2, 0.25) is 0 Å². The number of ether oxygens (including phenoxy) is 2. The highest BCUT2D eigenvalue weighted by Gasteiger charge is 2.40. The maximum absolute atomic E-state index is 6.42. The summed E-state index contributed by atoms with van der Waals surface area (Å²) in [6.45, 7) is 0. The number of benzene rings is 3. The van der Waals surface area contributed by atoms with Crippen LogP contribution in [0.3, 0.4) is 0 Å². The molecule has 0 aromatic heterocycles. The average molecular weight is 403 g/mol. The fourth-order valence-electron chi connectivity index (χ4n) is 3.98. The molecule has 5 heteroatoms. The van der Waals surface area contributed by atoms with E-state index in [2.05, 4.69) is 65.9 Å². The van der Waals surface area contributed by atoms with Crippen molar-refractivity contribution in [3.05, 3.63) is 89.5 Å². The zero-order valence-corrected chi connectivity index (χ0v) is 17.2. The zero-order chi connectivity index (χ0) is 19.8. The summed E-state index contributed by atoms with van der Waals surface area (Å²) in [5.74, 6) is 1.80. The molecule has 0 unspecified atom stereocenters. The van der Waals surface area contributed by atoms with Gasteiger partial charge in [-0.15, -0.1) is 11.8 Å². The number of hydrogen-bond acceptors (Lipinski definition) is 5. The van der Waals surface area contributed by atoms with E-state index in [0.29, 0.717) is 0 Å². The lowest BCUT2D eigenvalue weighted by Gasteiger charge is -2.38. The summed E-state index contributed by atoms with van der Waals surface area (Å²) in [7, 11) is 1.68. The van der Waals surface area contributed by atoms with Crippen LogP contribution in [0.5, 0.6) is 11.5 Å². The number of thioether (sulfide) groups is 1. The third-order valence-corrected chi connectivity index (χ3v) is 6.27. The molecule has 0 spiro atoms. The summed E-state index contributed by atoms with van der Waals surface area (Å²) in [6, 6.07) is 25.2. The van der Waals surface area contributed by atoms with E-state index < -0.39 is 0 Å². The van der Waals surface area contributed by atoms with Gasteiger partial charge in [0.1, 0.15) is 11.5 Å². The minimum Gasteiger partial charge on any atom is -0.497 e. The first kappa shape index (κ1) is 18.1. The fraction of sp³-hybridized carbons (Fsp3) is 0.208. The van der Waals surface area contributed by atoms with Gasteiger partial charge in [-0.3, -0.25) is 0 Å².